The molecule has 0 unspecified atom stereocenters. The van der Waals surface area contributed by atoms with E-state index in [4.69, 9.17) is 9.47 Å². The van der Waals surface area contributed by atoms with Crippen LogP contribution in [0.15, 0.2) is 18.2 Å². The van der Waals surface area contributed by atoms with Gasteiger partial charge in [0.2, 0.25) is 0 Å². The molecule has 2 aliphatic rings. The van der Waals surface area contributed by atoms with Crippen molar-refractivity contribution in [3.63, 3.8) is 0 Å². The lowest BCUT2D eigenvalue weighted by molar-refractivity contribution is -0.170. The first-order chi connectivity index (χ1) is 11.7. The molecule has 2 fully saturated rings. The van der Waals surface area contributed by atoms with Gasteiger partial charge in [-0.15, -0.1) is 0 Å². The third-order valence-electron chi connectivity index (χ3n) is 5.95. The van der Waals surface area contributed by atoms with Crippen LogP contribution in [0.4, 0.5) is 5.69 Å². The highest BCUT2D eigenvalue weighted by atomic mass is 16.5. The zero-order chi connectivity index (χ0) is 18.4. The largest absolute Gasteiger partial charge is 0.493 e. The summed E-state index contributed by atoms with van der Waals surface area (Å²) in [5.74, 6) is 1.89. The van der Waals surface area contributed by atoms with E-state index < -0.39 is 0 Å². The summed E-state index contributed by atoms with van der Waals surface area (Å²) >= 11 is 0. The number of methoxy groups -OCH3 is 2. The fraction of sp³-hybridized carbons (Fsp3) is 0.650. The zero-order valence-electron chi connectivity index (χ0n) is 16.3. The summed E-state index contributed by atoms with van der Waals surface area (Å²) in [5.41, 5.74) is 0.671. The molecule has 1 saturated carbocycles. The van der Waals surface area contributed by atoms with Gasteiger partial charge in [0.15, 0.2) is 11.5 Å². The minimum atomic E-state index is -0.241. The van der Waals surface area contributed by atoms with Crippen molar-refractivity contribution in [3.05, 3.63) is 18.2 Å². The van der Waals surface area contributed by atoms with Crippen LogP contribution in [0.25, 0.3) is 0 Å². The monoisotopic (exact) mass is 346 g/mol. The average molecular weight is 346 g/mol. The molecular formula is C20H30N2O3. The molecule has 1 aromatic carbocycles. The van der Waals surface area contributed by atoms with E-state index in [-0.39, 0.29) is 10.8 Å². The number of rotatable bonds is 4. The molecule has 1 heterocycles. The molecule has 138 valence electrons. The van der Waals surface area contributed by atoms with Gasteiger partial charge in [-0.25, -0.2) is 0 Å². The van der Waals surface area contributed by atoms with E-state index in [1.165, 1.54) is 0 Å². The minimum Gasteiger partial charge on any atom is -0.493 e. The molecule has 1 aliphatic carbocycles. The maximum absolute atomic E-state index is 12.4. The van der Waals surface area contributed by atoms with Crippen LogP contribution in [-0.2, 0) is 4.79 Å². The Labute approximate surface area is 150 Å². The molecule has 5 nitrogen and oxygen atoms in total. The number of Topliss-reactive ketones (excluding diaryl/α,β-unsaturated/α-hetero) is 1. The molecule has 0 bridgehead atoms. The second-order valence-corrected chi connectivity index (χ2v) is 8.24. The number of ketones is 1. The summed E-state index contributed by atoms with van der Waals surface area (Å²) in [6.07, 6.45) is 0. The lowest BCUT2D eigenvalue weighted by Crippen LogP contribution is -2.72. The van der Waals surface area contributed by atoms with Crippen molar-refractivity contribution in [2.45, 2.75) is 33.7 Å². The first-order valence-corrected chi connectivity index (χ1v) is 8.99. The molecule has 1 aromatic rings. The maximum atomic E-state index is 12.4. The molecule has 0 aromatic heterocycles. The van der Waals surface area contributed by atoms with Crippen LogP contribution >= 0.6 is 0 Å². The number of nitrogens with zero attached hydrogens (tertiary/aromatic N) is 2. The van der Waals surface area contributed by atoms with Crippen molar-refractivity contribution in [1.82, 2.24) is 4.90 Å². The Hall–Kier alpha value is -1.75. The number of anilines is 1. The highest BCUT2D eigenvalue weighted by Crippen LogP contribution is 2.53. The highest BCUT2D eigenvalue weighted by Gasteiger charge is 2.63. The molecule has 0 amide bonds. The van der Waals surface area contributed by atoms with E-state index in [2.05, 4.69) is 43.6 Å². The minimum absolute atomic E-state index is 0.241. The third kappa shape index (κ3) is 2.78. The summed E-state index contributed by atoms with van der Waals surface area (Å²) in [5, 5.41) is 0. The zero-order valence-corrected chi connectivity index (χ0v) is 16.3. The summed E-state index contributed by atoms with van der Waals surface area (Å²) in [7, 11) is 3.32. The van der Waals surface area contributed by atoms with Crippen LogP contribution in [0.3, 0.4) is 0 Å². The predicted molar refractivity (Wildman–Crippen MR) is 99.7 cm³/mol. The number of carbonyl (C=O) groups excluding carboxylic acids is 1. The molecule has 0 spiro atoms. The van der Waals surface area contributed by atoms with Crippen molar-refractivity contribution >= 4 is 11.5 Å². The molecule has 3 rings (SSSR count). The number of hydrogen-bond acceptors (Lipinski definition) is 5. The van der Waals surface area contributed by atoms with E-state index in [9.17, 15) is 4.79 Å². The number of carbonyl (C=O) groups is 1. The van der Waals surface area contributed by atoms with Gasteiger partial charge < -0.3 is 14.4 Å². The van der Waals surface area contributed by atoms with Gasteiger partial charge in [0, 0.05) is 54.8 Å². The van der Waals surface area contributed by atoms with Crippen molar-refractivity contribution in [3.8, 4) is 11.5 Å². The summed E-state index contributed by atoms with van der Waals surface area (Å²) in [4.78, 5) is 17.3. The van der Waals surface area contributed by atoms with E-state index in [1.54, 1.807) is 14.2 Å². The van der Waals surface area contributed by atoms with Crippen LogP contribution in [0.2, 0.25) is 0 Å². The van der Waals surface area contributed by atoms with Gasteiger partial charge >= 0.3 is 0 Å². The molecule has 25 heavy (non-hydrogen) atoms. The topological polar surface area (TPSA) is 42.0 Å². The average Bonchev–Trinajstić information content (AvgIpc) is 2.60. The molecule has 1 aliphatic heterocycles. The molecular weight excluding hydrogens is 316 g/mol. The molecule has 0 radical (unpaired) electrons. The molecule has 1 saturated heterocycles. The van der Waals surface area contributed by atoms with E-state index >= 15 is 0 Å². The van der Waals surface area contributed by atoms with Crippen molar-refractivity contribution in [1.29, 1.82) is 0 Å². The summed E-state index contributed by atoms with van der Waals surface area (Å²) in [6.45, 7) is 12.2. The lowest BCUT2D eigenvalue weighted by atomic mass is 9.50. The van der Waals surface area contributed by atoms with Crippen molar-refractivity contribution in [2.75, 3.05) is 45.3 Å². The van der Waals surface area contributed by atoms with Gasteiger partial charge in [-0.3, -0.25) is 9.69 Å². The second-order valence-electron chi connectivity index (χ2n) is 8.24. The van der Waals surface area contributed by atoms with E-state index in [1.807, 2.05) is 12.1 Å². The predicted octanol–water partition coefficient (Wildman–Crippen LogP) is 2.83. The Balaban J connectivity index is 1.69. The smallest absolute Gasteiger partial charge is 0.162 e. The number of hydrogen-bond donors (Lipinski definition) is 0. The Morgan fingerprint density at radius 1 is 0.920 bits per heavy atom. The van der Waals surface area contributed by atoms with Crippen LogP contribution in [0.1, 0.15) is 27.7 Å². The lowest BCUT2D eigenvalue weighted by Gasteiger charge is -2.60. The van der Waals surface area contributed by atoms with Crippen LogP contribution in [0.5, 0.6) is 11.5 Å². The van der Waals surface area contributed by atoms with Gasteiger partial charge in [-0.1, -0.05) is 27.7 Å². The van der Waals surface area contributed by atoms with Crippen LogP contribution in [0, 0.1) is 10.8 Å². The Morgan fingerprint density at radius 3 is 2.00 bits per heavy atom. The van der Waals surface area contributed by atoms with Gasteiger partial charge in [-0.2, -0.15) is 0 Å². The fourth-order valence-corrected chi connectivity index (χ4v) is 5.08. The van der Waals surface area contributed by atoms with Crippen LogP contribution in [-0.4, -0.2) is 57.1 Å². The normalized spacial score (nSPS) is 23.3. The Bertz CT molecular complexity index is 643. The standard InChI is InChI=1S/C20H30N2O3/c1-19(2)17(20(3,4)18(19)23)22-11-9-21(10-12-22)14-7-8-15(24-5)16(13-14)25-6/h7-8,13,17H,9-12H2,1-6H3. The van der Waals surface area contributed by atoms with Crippen molar-refractivity contribution in [2.24, 2.45) is 10.8 Å². The maximum Gasteiger partial charge on any atom is 0.162 e. The number of ether oxygens (including phenoxy) is 2. The van der Waals surface area contributed by atoms with Crippen LogP contribution < -0.4 is 14.4 Å². The molecule has 0 atom stereocenters. The number of piperazine rings is 1. The third-order valence-corrected chi connectivity index (χ3v) is 5.95. The summed E-state index contributed by atoms with van der Waals surface area (Å²) in [6, 6.07) is 6.39. The molecule has 5 heteroatoms. The Kier molecular flexibility index (Phi) is 4.48. The van der Waals surface area contributed by atoms with Gasteiger partial charge in [0.1, 0.15) is 5.78 Å². The van der Waals surface area contributed by atoms with Gasteiger partial charge in [0.05, 0.1) is 14.2 Å². The first-order valence-electron chi connectivity index (χ1n) is 8.99. The number of benzene rings is 1. The second kappa shape index (κ2) is 6.20. The quantitative estimate of drug-likeness (QED) is 0.839. The van der Waals surface area contributed by atoms with Gasteiger partial charge in [-0.05, 0) is 12.1 Å². The van der Waals surface area contributed by atoms with E-state index in [0.717, 1.165) is 43.4 Å². The van der Waals surface area contributed by atoms with Gasteiger partial charge in [0.25, 0.3) is 0 Å². The Morgan fingerprint density at radius 2 is 1.48 bits per heavy atom. The van der Waals surface area contributed by atoms with E-state index in [0.29, 0.717) is 11.8 Å². The first kappa shape index (κ1) is 18.1. The van der Waals surface area contributed by atoms with Crippen molar-refractivity contribution < 1.29 is 14.3 Å². The highest BCUT2D eigenvalue weighted by molar-refractivity contribution is 5.97. The fourth-order valence-electron chi connectivity index (χ4n) is 5.08. The summed E-state index contributed by atoms with van der Waals surface area (Å²) < 4.78 is 10.7. The molecule has 0 N–H and O–H groups in total. The SMILES string of the molecule is COc1ccc(N2CCN(C3C(C)(C)C(=O)C3(C)C)CC2)cc1OC.